The van der Waals surface area contributed by atoms with Crippen LogP contribution in [0.15, 0.2) is 58.2 Å². The number of aromatic nitrogens is 1. The van der Waals surface area contributed by atoms with Gasteiger partial charge in [-0.3, -0.25) is 14.5 Å². The standard InChI is InChI=1S/C27H32FN5O4S/c28-23-6-1-2-7-25(23)32-16-14-31(15-17-32)11-5-10-29-27(35)22-19-26(34)30-24-9-8-20(18-21(22)24)38(36,37)33-12-3-4-13-33/h1-2,6-9,18-19H,3-5,10-17H2,(H,29,35)(H,30,34). The number of fused-ring (bicyclic) bond motifs is 1. The van der Waals surface area contributed by atoms with Gasteiger partial charge in [0.15, 0.2) is 0 Å². The Morgan fingerprint density at radius 2 is 1.71 bits per heavy atom. The molecule has 2 aromatic carbocycles. The van der Waals surface area contributed by atoms with Gasteiger partial charge < -0.3 is 15.2 Å². The van der Waals surface area contributed by atoms with Crippen molar-refractivity contribution >= 4 is 32.5 Å². The highest BCUT2D eigenvalue weighted by atomic mass is 32.2. The summed E-state index contributed by atoms with van der Waals surface area (Å²) in [5.74, 6) is -0.627. The predicted octanol–water partition coefficient (Wildman–Crippen LogP) is 2.39. The summed E-state index contributed by atoms with van der Waals surface area (Å²) in [4.78, 5) is 32.3. The topological polar surface area (TPSA) is 106 Å². The van der Waals surface area contributed by atoms with Gasteiger partial charge in [0.25, 0.3) is 5.91 Å². The van der Waals surface area contributed by atoms with Gasteiger partial charge in [-0.05, 0) is 56.1 Å². The molecule has 0 unspecified atom stereocenters. The quantitative estimate of drug-likeness (QED) is 0.425. The van der Waals surface area contributed by atoms with Gasteiger partial charge in [-0.1, -0.05) is 12.1 Å². The van der Waals surface area contributed by atoms with Gasteiger partial charge >= 0.3 is 0 Å². The Labute approximate surface area is 221 Å². The maximum absolute atomic E-state index is 14.1. The van der Waals surface area contributed by atoms with Crippen LogP contribution in [0.4, 0.5) is 10.1 Å². The number of aromatic amines is 1. The number of sulfonamides is 1. The van der Waals surface area contributed by atoms with E-state index >= 15 is 0 Å². The molecule has 0 saturated carbocycles. The van der Waals surface area contributed by atoms with Crippen LogP contribution in [-0.2, 0) is 10.0 Å². The van der Waals surface area contributed by atoms with Crippen LogP contribution >= 0.6 is 0 Å². The summed E-state index contributed by atoms with van der Waals surface area (Å²) < 4.78 is 41.6. The number of benzene rings is 2. The Hall–Kier alpha value is -3.28. The summed E-state index contributed by atoms with van der Waals surface area (Å²) in [5.41, 5.74) is 0.767. The Balaban J connectivity index is 1.19. The van der Waals surface area contributed by atoms with Gasteiger partial charge in [0.2, 0.25) is 15.6 Å². The predicted molar refractivity (Wildman–Crippen MR) is 145 cm³/mol. The molecule has 2 aliphatic rings. The minimum Gasteiger partial charge on any atom is -0.367 e. The van der Waals surface area contributed by atoms with E-state index in [2.05, 4.69) is 15.2 Å². The molecule has 1 amide bonds. The molecular weight excluding hydrogens is 509 g/mol. The minimum atomic E-state index is -3.66. The third kappa shape index (κ3) is 5.59. The zero-order chi connectivity index (χ0) is 26.7. The molecule has 0 radical (unpaired) electrons. The van der Waals surface area contributed by atoms with E-state index in [9.17, 15) is 22.4 Å². The van der Waals surface area contributed by atoms with E-state index < -0.39 is 21.5 Å². The number of H-pyrrole nitrogens is 1. The second-order valence-corrected chi connectivity index (χ2v) is 11.7. The summed E-state index contributed by atoms with van der Waals surface area (Å²) in [6.07, 6.45) is 2.37. The normalized spacial score (nSPS) is 17.2. The number of anilines is 1. The average molecular weight is 542 g/mol. The first kappa shape index (κ1) is 26.3. The molecule has 2 saturated heterocycles. The summed E-state index contributed by atoms with van der Waals surface area (Å²) in [6, 6.07) is 12.5. The number of rotatable bonds is 8. The molecule has 202 valence electrons. The third-order valence-corrected chi connectivity index (χ3v) is 9.16. The van der Waals surface area contributed by atoms with Crippen molar-refractivity contribution in [2.75, 3.05) is 57.3 Å². The van der Waals surface area contributed by atoms with Crippen LogP contribution in [-0.4, -0.2) is 80.9 Å². The monoisotopic (exact) mass is 541 g/mol. The van der Waals surface area contributed by atoms with E-state index in [0.29, 0.717) is 42.6 Å². The van der Waals surface area contributed by atoms with Crippen LogP contribution in [0.2, 0.25) is 0 Å². The fourth-order valence-corrected chi connectivity index (χ4v) is 6.72. The lowest BCUT2D eigenvalue weighted by Crippen LogP contribution is -2.47. The zero-order valence-corrected chi connectivity index (χ0v) is 22.0. The first-order valence-corrected chi connectivity index (χ1v) is 14.4. The van der Waals surface area contributed by atoms with Crippen molar-refractivity contribution in [3.8, 4) is 0 Å². The number of halogens is 1. The molecular formula is C27H32FN5O4S. The summed E-state index contributed by atoms with van der Waals surface area (Å²) in [7, 11) is -3.66. The van der Waals surface area contributed by atoms with Gasteiger partial charge in [-0.25, -0.2) is 12.8 Å². The molecule has 9 nitrogen and oxygen atoms in total. The number of pyridine rings is 1. The van der Waals surface area contributed by atoms with Crippen molar-refractivity contribution < 1.29 is 17.6 Å². The Bertz CT molecular complexity index is 1480. The number of hydrogen-bond donors (Lipinski definition) is 2. The van der Waals surface area contributed by atoms with Crippen molar-refractivity contribution in [2.24, 2.45) is 0 Å². The lowest BCUT2D eigenvalue weighted by molar-refractivity contribution is 0.0953. The summed E-state index contributed by atoms with van der Waals surface area (Å²) >= 11 is 0. The van der Waals surface area contributed by atoms with Gasteiger partial charge in [-0.15, -0.1) is 0 Å². The van der Waals surface area contributed by atoms with Gasteiger partial charge in [0, 0.05) is 62.8 Å². The Morgan fingerprint density at radius 1 is 0.974 bits per heavy atom. The molecule has 11 heteroatoms. The second kappa shape index (κ2) is 11.2. The van der Waals surface area contributed by atoms with E-state index in [0.717, 1.165) is 45.6 Å². The first-order chi connectivity index (χ1) is 18.3. The van der Waals surface area contributed by atoms with Gasteiger partial charge in [0.05, 0.1) is 16.1 Å². The van der Waals surface area contributed by atoms with Crippen LogP contribution in [0.1, 0.15) is 29.6 Å². The van der Waals surface area contributed by atoms with E-state index in [4.69, 9.17) is 0 Å². The van der Waals surface area contributed by atoms with E-state index in [1.807, 2.05) is 11.0 Å². The highest BCUT2D eigenvalue weighted by molar-refractivity contribution is 7.89. The van der Waals surface area contributed by atoms with Crippen molar-refractivity contribution in [3.05, 3.63) is 70.3 Å². The lowest BCUT2D eigenvalue weighted by Gasteiger charge is -2.36. The summed E-state index contributed by atoms with van der Waals surface area (Å²) in [5, 5.41) is 3.27. The Kier molecular flexibility index (Phi) is 7.78. The van der Waals surface area contributed by atoms with Crippen LogP contribution in [0.25, 0.3) is 10.9 Å². The fraction of sp³-hybridized carbons (Fsp3) is 0.407. The number of nitrogens with zero attached hydrogens (tertiary/aromatic N) is 3. The smallest absolute Gasteiger partial charge is 0.252 e. The largest absolute Gasteiger partial charge is 0.367 e. The molecule has 38 heavy (non-hydrogen) atoms. The lowest BCUT2D eigenvalue weighted by atomic mass is 10.1. The third-order valence-electron chi connectivity index (χ3n) is 7.26. The fourth-order valence-electron chi connectivity index (χ4n) is 5.18. The zero-order valence-electron chi connectivity index (χ0n) is 21.2. The second-order valence-electron chi connectivity index (χ2n) is 9.76. The molecule has 0 bridgehead atoms. The number of para-hydroxylation sites is 1. The number of carbonyl (C=O) groups is 1. The molecule has 5 rings (SSSR count). The molecule has 2 fully saturated rings. The van der Waals surface area contributed by atoms with Gasteiger partial charge in [0.1, 0.15) is 5.82 Å². The molecule has 2 aliphatic heterocycles. The molecule has 2 N–H and O–H groups in total. The maximum Gasteiger partial charge on any atom is 0.252 e. The van der Waals surface area contributed by atoms with Crippen molar-refractivity contribution in [1.82, 2.24) is 19.5 Å². The molecule has 0 aliphatic carbocycles. The number of piperazine rings is 1. The van der Waals surface area contributed by atoms with Crippen LogP contribution in [0, 0.1) is 5.82 Å². The number of nitrogens with one attached hydrogen (secondary N) is 2. The molecule has 1 aromatic heterocycles. The van der Waals surface area contributed by atoms with Crippen molar-refractivity contribution in [1.29, 1.82) is 0 Å². The molecule has 0 spiro atoms. The van der Waals surface area contributed by atoms with Crippen LogP contribution in [0.5, 0.6) is 0 Å². The first-order valence-electron chi connectivity index (χ1n) is 13.0. The number of carbonyl (C=O) groups excluding carboxylic acids is 1. The van der Waals surface area contributed by atoms with E-state index in [-0.39, 0.29) is 16.3 Å². The Morgan fingerprint density at radius 3 is 2.45 bits per heavy atom. The highest BCUT2D eigenvalue weighted by Crippen LogP contribution is 2.25. The van der Waals surface area contributed by atoms with E-state index in [1.165, 1.54) is 34.6 Å². The molecule has 3 heterocycles. The van der Waals surface area contributed by atoms with Crippen LogP contribution < -0.4 is 15.8 Å². The maximum atomic E-state index is 14.1. The highest BCUT2D eigenvalue weighted by Gasteiger charge is 2.28. The molecule has 0 atom stereocenters. The average Bonchev–Trinajstić information content (AvgIpc) is 3.47. The number of amides is 1. The van der Waals surface area contributed by atoms with Crippen molar-refractivity contribution in [2.45, 2.75) is 24.2 Å². The van der Waals surface area contributed by atoms with Crippen molar-refractivity contribution in [3.63, 3.8) is 0 Å². The van der Waals surface area contributed by atoms with Gasteiger partial charge in [-0.2, -0.15) is 4.31 Å². The van der Waals surface area contributed by atoms with Crippen LogP contribution in [0.3, 0.4) is 0 Å². The summed E-state index contributed by atoms with van der Waals surface area (Å²) in [6.45, 7) is 5.22. The number of hydrogen-bond acceptors (Lipinski definition) is 6. The molecule has 3 aromatic rings. The SMILES string of the molecule is O=C(NCCCN1CCN(c2ccccc2F)CC1)c1cc(=O)[nH]c2ccc(S(=O)(=O)N3CCCC3)cc12. The minimum absolute atomic E-state index is 0.113. The van der Waals surface area contributed by atoms with E-state index in [1.54, 1.807) is 12.1 Å².